The second-order valence-corrected chi connectivity index (χ2v) is 4.81. The Morgan fingerprint density at radius 2 is 2.13 bits per heavy atom. The van der Waals surface area contributed by atoms with Gasteiger partial charge in [-0.15, -0.1) is 0 Å². The summed E-state index contributed by atoms with van der Waals surface area (Å²) in [6, 6.07) is 4.76. The van der Waals surface area contributed by atoms with Crippen molar-refractivity contribution < 1.29 is 13.2 Å². The molecule has 6 heteroatoms. The Morgan fingerprint density at radius 3 is 2.67 bits per heavy atom. The van der Waals surface area contributed by atoms with Crippen molar-refractivity contribution in [2.24, 2.45) is 0 Å². The molecule has 0 radical (unpaired) electrons. The van der Waals surface area contributed by atoms with E-state index in [1.54, 1.807) is 18.2 Å². The zero-order valence-electron chi connectivity index (χ0n) is 8.65. The lowest BCUT2D eigenvalue weighted by molar-refractivity contribution is 0.342. The Kier molecular flexibility index (Phi) is 3.41. The smallest absolute Gasteiger partial charge is 0.229 e. The van der Waals surface area contributed by atoms with Gasteiger partial charge in [0.1, 0.15) is 5.75 Å². The van der Waals surface area contributed by atoms with E-state index in [0.29, 0.717) is 23.7 Å². The van der Waals surface area contributed by atoms with Crippen LogP contribution >= 0.6 is 0 Å². The predicted octanol–water partition coefficient (Wildman–Crippen LogP) is 1.04. The first-order valence-electron chi connectivity index (χ1n) is 4.42. The molecule has 84 valence electrons. The van der Waals surface area contributed by atoms with Crippen molar-refractivity contribution in [1.29, 1.82) is 0 Å². The topological polar surface area (TPSA) is 81.4 Å². The third-order valence-electron chi connectivity index (χ3n) is 1.60. The van der Waals surface area contributed by atoms with E-state index in [1.807, 2.05) is 6.92 Å². The summed E-state index contributed by atoms with van der Waals surface area (Å²) in [5, 5.41) is 0. The Bertz CT molecular complexity index is 443. The highest BCUT2D eigenvalue weighted by Crippen LogP contribution is 2.27. The summed E-state index contributed by atoms with van der Waals surface area (Å²) in [7, 11) is -3.30. The molecule has 0 aliphatic heterocycles. The summed E-state index contributed by atoms with van der Waals surface area (Å²) >= 11 is 0. The van der Waals surface area contributed by atoms with Gasteiger partial charge in [0.05, 0.1) is 18.6 Å². The second kappa shape index (κ2) is 4.39. The zero-order valence-corrected chi connectivity index (χ0v) is 9.47. The van der Waals surface area contributed by atoms with E-state index in [4.69, 9.17) is 10.5 Å². The first-order chi connectivity index (χ1) is 6.92. The maximum Gasteiger partial charge on any atom is 0.229 e. The molecule has 0 aliphatic rings. The van der Waals surface area contributed by atoms with Gasteiger partial charge >= 0.3 is 0 Å². The standard InChI is InChI=1S/C9H14N2O3S/c1-3-14-9-6-7(10)4-5-8(9)11-15(2,12)13/h4-6,11H,3,10H2,1-2H3. The number of hydrogen-bond acceptors (Lipinski definition) is 4. The molecule has 1 aromatic carbocycles. The molecule has 0 saturated heterocycles. The zero-order chi connectivity index (χ0) is 11.5. The minimum Gasteiger partial charge on any atom is -0.492 e. The van der Waals surface area contributed by atoms with E-state index in [1.165, 1.54) is 0 Å². The summed E-state index contributed by atoms with van der Waals surface area (Å²) in [6.07, 6.45) is 1.08. The van der Waals surface area contributed by atoms with Crippen LogP contribution in [0.1, 0.15) is 6.92 Å². The van der Waals surface area contributed by atoms with Gasteiger partial charge in [0, 0.05) is 11.8 Å². The van der Waals surface area contributed by atoms with Crippen LogP contribution in [0.2, 0.25) is 0 Å². The van der Waals surface area contributed by atoms with Gasteiger partial charge in [0.15, 0.2) is 0 Å². The molecule has 0 heterocycles. The van der Waals surface area contributed by atoms with Crippen molar-refractivity contribution in [3.63, 3.8) is 0 Å². The summed E-state index contributed by atoms with van der Waals surface area (Å²) in [6.45, 7) is 2.26. The number of anilines is 2. The highest BCUT2D eigenvalue weighted by Gasteiger charge is 2.08. The van der Waals surface area contributed by atoms with Crippen molar-refractivity contribution in [2.75, 3.05) is 23.3 Å². The van der Waals surface area contributed by atoms with Gasteiger partial charge in [-0.1, -0.05) is 0 Å². The average Bonchev–Trinajstić information content (AvgIpc) is 2.08. The molecule has 5 nitrogen and oxygen atoms in total. The van der Waals surface area contributed by atoms with Crippen LogP contribution in [0.15, 0.2) is 18.2 Å². The van der Waals surface area contributed by atoms with Crippen molar-refractivity contribution >= 4 is 21.4 Å². The van der Waals surface area contributed by atoms with Crippen LogP contribution in [-0.4, -0.2) is 21.3 Å². The molecular weight excluding hydrogens is 216 g/mol. The lowest BCUT2D eigenvalue weighted by Gasteiger charge is -2.11. The normalized spacial score (nSPS) is 11.1. The van der Waals surface area contributed by atoms with Crippen LogP contribution in [0.3, 0.4) is 0 Å². The largest absolute Gasteiger partial charge is 0.492 e. The highest BCUT2D eigenvalue weighted by molar-refractivity contribution is 7.92. The molecule has 1 aromatic rings. The molecule has 0 atom stereocenters. The van der Waals surface area contributed by atoms with E-state index in [0.717, 1.165) is 6.26 Å². The molecule has 0 amide bonds. The lowest BCUT2D eigenvalue weighted by Crippen LogP contribution is -2.11. The molecule has 0 fully saturated rings. The van der Waals surface area contributed by atoms with Gasteiger partial charge in [-0.05, 0) is 19.1 Å². The number of nitrogens with two attached hydrogens (primary N) is 1. The maximum atomic E-state index is 11.0. The van der Waals surface area contributed by atoms with Gasteiger partial charge in [-0.3, -0.25) is 4.72 Å². The highest BCUT2D eigenvalue weighted by atomic mass is 32.2. The van der Waals surface area contributed by atoms with E-state index in [-0.39, 0.29) is 0 Å². The second-order valence-electron chi connectivity index (χ2n) is 3.06. The molecule has 0 aliphatic carbocycles. The SMILES string of the molecule is CCOc1cc(N)ccc1NS(C)(=O)=O. The molecule has 0 saturated carbocycles. The predicted molar refractivity (Wildman–Crippen MR) is 60.5 cm³/mol. The molecule has 15 heavy (non-hydrogen) atoms. The summed E-state index contributed by atoms with van der Waals surface area (Å²) in [4.78, 5) is 0. The summed E-state index contributed by atoms with van der Waals surface area (Å²) in [5.41, 5.74) is 6.49. The Labute approximate surface area is 89.3 Å². The Hall–Kier alpha value is -1.43. The van der Waals surface area contributed by atoms with Crippen molar-refractivity contribution in [1.82, 2.24) is 0 Å². The maximum absolute atomic E-state index is 11.0. The third kappa shape index (κ3) is 3.67. The fourth-order valence-electron chi connectivity index (χ4n) is 1.10. The molecule has 3 N–H and O–H groups in total. The Morgan fingerprint density at radius 1 is 1.47 bits per heavy atom. The number of nitrogen functional groups attached to an aromatic ring is 1. The van der Waals surface area contributed by atoms with Crippen LogP contribution in [0.25, 0.3) is 0 Å². The molecule has 0 aromatic heterocycles. The first kappa shape index (κ1) is 11.6. The van der Waals surface area contributed by atoms with E-state index >= 15 is 0 Å². The summed E-state index contributed by atoms with van der Waals surface area (Å²) in [5.74, 6) is 0.433. The van der Waals surface area contributed by atoms with Gasteiger partial charge in [0.25, 0.3) is 0 Å². The first-order valence-corrected chi connectivity index (χ1v) is 6.31. The molecular formula is C9H14N2O3S. The molecule has 0 unspecified atom stereocenters. The fraction of sp³-hybridized carbons (Fsp3) is 0.333. The Balaban J connectivity index is 3.05. The minimum atomic E-state index is -3.30. The molecule has 1 rings (SSSR count). The minimum absolute atomic E-state index is 0.397. The average molecular weight is 230 g/mol. The van der Waals surface area contributed by atoms with Crippen molar-refractivity contribution in [3.8, 4) is 5.75 Å². The number of hydrogen-bond donors (Lipinski definition) is 2. The number of sulfonamides is 1. The van der Waals surface area contributed by atoms with Crippen LogP contribution < -0.4 is 15.2 Å². The number of nitrogens with one attached hydrogen (secondary N) is 1. The number of benzene rings is 1. The van der Waals surface area contributed by atoms with Gasteiger partial charge in [0.2, 0.25) is 10.0 Å². The van der Waals surface area contributed by atoms with Crippen molar-refractivity contribution in [2.45, 2.75) is 6.92 Å². The quantitative estimate of drug-likeness (QED) is 0.757. The number of ether oxygens (including phenoxy) is 1. The van der Waals surface area contributed by atoms with E-state index < -0.39 is 10.0 Å². The monoisotopic (exact) mass is 230 g/mol. The lowest BCUT2D eigenvalue weighted by atomic mass is 10.2. The molecule has 0 bridgehead atoms. The van der Waals surface area contributed by atoms with Crippen molar-refractivity contribution in [3.05, 3.63) is 18.2 Å². The number of rotatable bonds is 4. The third-order valence-corrected chi connectivity index (χ3v) is 2.19. The molecule has 0 spiro atoms. The fourth-order valence-corrected chi connectivity index (χ4v) is 1.67. The van der Waals surface area contributed by atoms with Crippen LogP contribution in [0.4, 0.5) is 11.4 Å². The summed E-state index contributed by atoms with van der Waals surface area (Å²) < 4.78 is 29.7. The van der Waals surface area contributed by atoms with Gasteiger partial charge < -0.3 is 10.5 Å². The van der Waals surface area contributed by atoms with Gasteiger partial charge in [-0.25, -0.2) is 8.42 Å². The van der Waals surface area contributed by atoms with Gasteiger partial charge in [-0.2, -0.15) is 0 Å². The van der Waals surface area contributed by atoms with Crippen LogP contribution in [0, 0.1) is 0 Å². The van der Waals surface area contributed by atoms with E-state index in [9.17, 15) is 8.42 Å². The van der Waals surface area contributed by atoms with Crippen LogP contribution in [0.5, 0.6) is 5.75 Å². The van der Waals surface area contributed by atoms with Crippen LogP contribution in [-0.2, 0) is 10.0 Å². The van der Waals surface area contributed by atoms with E-state index in [2.05, 4.69) is 4.72 Å².